The molecule has 0 atom stereocenters. The minimum Gasteiger partial charge on any atom is -0.312 e. The van der Waals surface area contributed by atoms with Gasteiger partial charge >= 0.3 is 0 Å². The van der Waals surface area contributed by atoms with Crippen molar-refractivity contribution in [1.82, 2.24) is 0 Å². The number of hydrogen-bond donors (Lipinski definition) is 0. The molecule has 0 aromatic heterocycles. The minimum absolute atomic E-state index is 0.202. The van der Waals surface area contributed by atoms with E-state index < -0.39 is 0 Å². The predicted octanol–water partition coefficient (Wildman–Crippen LogP) is 3.56. The van der Waals surface area contributed by atoms with Crippen molar-refractivity contribution in [3.8, 4) is 0 Å². The lowest BCUT2D eigenvalue weighted by Gasteiger charge is -2.25. The first kappa shape index (κ1) is 12.6. The maximum absolute atomic E-state index is 12.6. The van der Waals surface area contributed by atoms with Crippen molar-refractivity contribution in [2.75, 3.05) is 11.4 Å². The molecule has 1 amide bonds. The number of hydrogen-bond acceptors (Lipinski definition) is 1. The maximum Gasteiger partial charge on any atom is 0.233 e. The van der Waals surface area contributed by atoms with Crippen LogP contribution in [0.5, 0.6) is 0 Å². The Bertz CT molecular complexity index is 439. The summed E-state index contributed by atoms with van der Waals surface area (Å²) in [6.07, 6.45) is 6.01. The Balaban J connectivity index is 2.27. The first-order valence-electron chi connectivity index (χ1n) is 6.32. The van der Waals surface area contributed by atoms with Crippen LogP contribution >= 0.6 is 0 Å². The van der Waals surface area contributed by atoms with Crippen LogP contribution in [0.1, 0.15) is 19.3 Å². The molecule has 1 aromatic rings. The molecule has 1 fully saturated rings. The highest BCUT2D eigenvalue weighted by Gasteiger charge is 2.44. The topological polar surface area (TPSA) is 20.3 Å². The average Bonchev–Trinajstić information content (AvgIpc) is 2.70. The van der Waals surface area contributed by atoms with Gasteiger partial charge in [0.05, 0.1) is 5.41 Å². The number of rotatable bonds is 5. The molecule has 0 saturated carbocycles. The van der Waals surface area contributed by atoms with Crippen LogP contribution in [0.15, 0.2) is 55.6 Å². The Morgan fingerprint density at radius 2 is 1.78 bits per heavy atom. The smallest absolute Gasteiger partial charge is 0.233 e. The number of carbonyl (C=O) groups is 1. The van der Waals surface area contributed by atoms with Crippen LogP contribution in [0.4, 0.5) is 5.69 Å². The molecule has 2 nitrogen and oxygen atoms in total. The summed E-state index contributed by atoms with van der Waals surface area (Å²) in [5, 5.41) is 0. The number of nitrogens with zero attached hydrogens (tertiary/aromatic N) is 1. The monoisotopic (exact) mass is 241 g/mol. The number of carbonyl (C=O) groups excluding carboxylic acids is 1. The molecule has 94 valence electrons. The predicted molar refractivity (Wildman–Crippen MR) is 75.5 cm³/mol. The summed E-state index contributed by atoms with van der Waals surface area (Å²) in [6.45, 7) is 8.34. The van der Waals surface area contributed by atoms with Gasteiger partial charge in [-0.3, -0.25) is 4.79 Å². The van der Waals surface area contributed by atoms with Gasteiger partial charge in [0.25, 0.3) is 0 Å². The van der Waals surface area contributed by atoms with Gasteiger partial charge in [0.2, 0.25) is 5.91 Å². The first-order chi connectivity index (χ1) is 8.73. The van der Waals surface area contributed by atoms with Crippen molar-refractivity contribution in [3.63, 3.8) is 0 Å². The zero-order valence-electron chi connectivity index (χ0n) is 10.6. The summed E-state index contributed by atoms with van der Waals surface area (Å²) >= 11 is 0. The standard InChI is InChI=1S/C16H19NO/c1-3-10-16(11-4-2)12-13-17(15(16)18)14-8-6-5-7-9-14/h3-9H,1-2,10-13H2. The summed E-state index contributed by atoms with van der Waals surface area (Å²) in [7, 11) is 0. The third kappa shape index (κ3) is 2.10. The molecule has 1 aromatic carbocycles. The zero-order chi connectivity index (χ0) is 13.0. The second-order valence-electron chi connectivity index (χ2n) is 4.81. The number of amides is 1. The SMILES string of the molecule is C=CCC1(CC=C)CCN(c2ccccc2)C1=O. The third-order valence-electron chi connectivity index (χ3n) is 3.65. The minimum atomic E-state index is -0.320. The lowest BCUT2D eigenvalue weighted by molar-refractivity contribution is -0.125. The van der Waals surface area contributed by atoms with E-state index in [-0.39, 0.29) is 11.3 Å². The van der Waals surface area contributed by atoms with Gasteiger partial charge in [0.1, 0.15) is 0 Å². The lowest BCUT2D eigenvalue weighted by atomic mass is 9.79. The van der Waals surface area contributed by atoms with Crippen LogP contribution in [0.3, 0.4) is 0 Å². The quantitative estimate of drug-likeness (QED) is 0.722. The van der Waals surface area contributed by atoms with Crippen LogP contribution in [0, 0.1) is 5.41 Å². The van der Waals surface area contributed by atoms with E-state index >= 15 is 0 Å². The molecule has 0 aliphatic carbocycles. The van der Waals surface area contributed by atoms with Crippen LogP contribution in [0.25, 0.3) is 0 Å². The second-order valence-corrected chi connectivity index (χ2v) is 4.81. The highest BCUT2D eigenvalue weighted by atomic mass is 16.2. The van der Waals surface area contributed by atoms with E-state index in [2.05, 4.69) is 13.2 Å². The lowest BCUT2D eigenvalue weighted by Crippen LogP contribution is -2.34. The van der Waals surface area contributed by atoms with Crippen molar-refractivity contribution in [3.05, 3.63) is 55.6 Å². The van der Waals surface area contributed by atoms with E-state index in [9.17, 15) is 4.79 Å². The van der Waals surface area contributed by atoms with Crippen LogP contribution in [-0.4, -0.2) is 12.5 Å². The Morgan fingerprint density at radius 1 is 1.17 bits per heavy atom. The molecular weight excluding hydrogens is 222 g/mol. The van der Waals surface area contributed by atoms with Crippen molar-refractivity contribution < 1.29 is 4.79 Å². The molecule has 0 radical (unpaired) electrons. The molecule has 0 N–H and O–H groups in total. The summed E-state index contributed by atoms with van der Waals surface area (Å²) in [6, 6.07) is 9.85. The number of anilines is 1. The van der Waals surface area contributed by atoms with E-state index in [1.807, 2.05) is 47.4 Å². The van der Waals surface area contributed by atoms with Gasteiger partial charge in [0.15, 0.2) is 0 Å². The highest BCUT2D eigenvalue weighted by Crippen LogP contribution is 2.41. The number of benzene rings is 1. The molecule has 1 aliphatic heterocycles. The number of para-hydroxylation sites is 1. The Labute approximate surface area is 109 Å². The Morgan fingerprint density at radius 3 is 2.33 bits per heavy atom. The molecule has 2 heteroatoms. The summed E-state index contributed by atoms with van der Waals surface area (Å²) in [4.78, 5) is 14.5. The molecule has 0 bridgehead atoms. The summed E-state index contributed by atoms with van der Waals surface area (Å²) in [5.41, 5.74) is 0.664. The first-order valence-corrected chi connectivity index (χ1v) is 6.32. The average molecular weight is 241 g/mol. The van der Waals surface area contributed by atoms with Gasteiger partial charge in [-0.15, -0.1) is 13.2 Å². The highest BCUT2D eigenvalue weighted by molar-refractivity contribution is 6.00. The largest absolute Gasteiger partial charge is 0.312 e. The van der Waals surface area contributed by atoms with E-state index in [1.165, 1.54) is 0 Å². The molecule has 18 heavy (non-hydrogen) atoms. The molecule has 1 heterocycles. The third-order valence-corrected chi connectivity index (χ3v) is 3.65. The molecule has 2 rings (SSSR count). The molecule has 0 spiro atoms. The van der Waals surface area contributed by atoms with Crippen molar-refractivity contribution >= 4 is 11.6 Å². The summed E-state index contributed by atoms with van der Waals surface area (Å²) in [5.74, 6) is 0.202. The summed E-state index contributed by atoms with van der Waals surface area (Å²) < 4.78 is 0. The van der Waals surface area contributed by atoms with Crippen LogP contribution in [0.2, 0.25) is 0 Å². The van der Waals surface area contributed by atoms with Gasteiger partial charge in [-0.2, -0.15) is 0 Å². The molecule has 1 aliphatic rings. The van der Waals surface area contributed by atoms with Gasteiger partial charge in [0, 0.05) is 12.2 Å². The van der Waals surface area contributed by atoms with Gasteiger partial charge in [-0.25, -0.2) is 0 Å². The van der Waals surface area contributed by atoms with Crippen molar-refractivity contribution in [2.24, 2.45) is 5.41 Å². The van der Waals surface area contributed by atoms with Gasteiger partial charge < -0.3 is 4.90 Å². The normalized spacial score (nSPS) is 17.8. The van der Waals surface area contributed by atoms with E-state index in [0.717, 1.165) is 31.5 Å². The fourth-order valence-electron chi connectivity index (χ4n) is 2.69. The Kier molecular flexibility index (Phi) is 3.66. The fraction of sp³-hybridized carbons (Fsp3) is 0.312. The van der Waals surface area contributed by atoms with Crippen LogP contribution in [-0.2, 0) is 4.79 Å². The van der Waals surface area contributed by atoms with Crippen molar-refractivity contribution in [2.45, 2.75) is 19.3 Å². The second kappa shape index (κ2) is 5.21. The van der Waals surface area contributed by atoms with Gasteiger partial charge in [-0.1, -0.05) is 30.4 Å². The van der Waals surface area contributed by atoms with Crippen molar-refractivity contribution in [1.29, 1.82) is 0 Å². The van der Waals surface area contributed by atoms with Crippen LogP contribution < -0.4 is 4.90 Å². The van der Waals surface area contributed by atoms with E-state index in [1.54, 1.807) is 0 Å². The van der Waals surface area contributed by atoms with E-state index in [4.69, 9.17) is 0 Å². The fourth-order valence-corrected chi connectivity index (χ4v) is 2.69. The molecular formula is C16H19NO. The Hall–Kier alpha value is -1.83. The van der Waals surface area contributed by atoms with E-state index in [0.29, 0.717) is 0 Å². The molecule has 0 unspecified atom stereocenters. The number of allylic oxidation sites excluding steroid dienone is 2. The maximum atomic E-state index is 12.6. The molecule has 1 saturated heterocycles. The zero-order valence-corrected chi connectivity index (χ0v) is 10.6. The van der Waals surface area contributed by atoms with Gasteiger partial charge in [-0.05, 0) is 31.4 Å².